The molecule has 0 saturated heterocycles. The van der Waals surface area contributed by atoms with Crippen LogP contribution in [0.4, 0.5) is 4.79 Å². The Morgan fingerprint density at radius 1 is 1.09 bits per heavy atom. The molecule has 6 heteroatoms. The highest BCUT2D eigenvalue weighted by atomic mass is 32.2. The maximum absolute atomic E-state index is 12.1. The number of carbonyl (C=O) groups excluding carboxylic acids is 1. The summed E-state index contributed by atoms with van der Waals surface area (Å²) in [6, 6.07) is 6.57. The van der Waals surface area contributed by atoms with Crippen LogP contribution in [0.15, 0.2) is 29.2 Å². The van der Waals surface area contributed by atoms with Gasteiger partial charge < -0.3 is 10.6 Å². The zero-order valence-corrected chi connectivity index (χ0v) is 14.7. The van der Waals surface area contributed by atoms with E-state index in [-0.39, 0.29) is 23.0 Å². The van der Waals surface area contributed by atoms with Gasteiger partial charge in [0.15, 0.2) is 9.84 Å². The van der Waals surface area contributed by atoms with E-state index in [1.165, 1.54) is 31.9 Å². The summed E-state index contributed by atoms with van der Waals surface area (Å²) >= 11 is 0. The minimum Gasteiger partial charge on any atom is -0.335 e. The van der Waals surface area contributed by atoms with E-state index in [2.05, 4.69) is 10.6 Å². The molecule has 0 spiro atoms. The van der Waals surface area contributed by atoms with Crippen molar-refractivity contribution in [3.63, 3.8) is 0 Å². The largest absolute Gasteiger partial charge is 0.335 e. The minimum absolute atomic E-state index is 0.156. The van der Waals surface area contributed by atoms with Crippen LogP contribution in [0.25, 0.3) is 0 Å². The monoisotopic (exact) mass is 338 g/mol. The number of nitrogens with one attached hydrogen (secondary N) is 2. The highest BCUT2D eigenvalue weighted by molar-refractivity contribution is 7.90. The van der Waals surface area contributed by atoms with Crippen LogP contribution < -0.4 is 10.6 Å². The third-order valence-corrected chi connectivity index (χ3v) is 5.47. The first kappa shape index (κ1) is 17.8. The van der Waals surface area contributed by atoms with Crippen molar-refractivity contribution in [2.75, 3.05) is 6.26 Å². The number of rotatable bonds is 4. The summed E-state index contributed by atoms with van der Waals surface area (Å²) in [5.74, 6) is 0. The Morgan fingerprint density at radius 2 is 1.65 bits per heavy atom. The fraction of sp³-hybridized carbons (Fsp3) is 0.588. The summed E-state index contributed by atoms with van der Waals surface area (Å²) in [5, 5.41) is 5.97. The van der Waals surface area contributed by atoms with Crippen LogP contribution in [-0.2, 0) is 9.84 Å². The predicted octanol–water partition coefficient (Wildman–Crippen LogP) is 3.17. The molecule has 1 unspecified atom stereocenters. The summed E-state index contributed by atoms with van der Waals surface area (Å²) in [6.07, 6.45) is 8.13. The van der Waals surface area contributed by atoms with E-state index >= 15 is 0 Å². The van der Waals surface area contributed by atoms with Gasteiger partial charge in [-0.2, -0.15) is 0 Å². The van der Waals surface area contributed by atoms with Gasteiger partial charge in [0.05, 0.1) is 10.9 Å². The first-order chi connectivity index (χ1) is 10.9. The molecule has 128 valence electrons. The Bertz CT molecular complexity index is 618. The van der Waals surface area contributed by atoms with Crippen molar-refractivity contribution in [2.45, 2.75) is 62.4 Å². The fourth-order valence-electron chi connectivity index (χ4n) is 2.93. The lowest BCUT2D eigenvalue weighted by Gasteiger charge is -2.20. The number of urea groups is 1. The lowest BCUT2D eigenvalue weighted by molar-refractivity contribution is 0.232. The molecule has 0 aliphatic heterocycles. The van der Waals surface area contributed by atoms with Crippen LogP contribution in [0.1, 0.15) is 57.1 Å². The molecule has 2 N–H and O–H groups in total. The smallest absolute Gasteiger partial charge is 0.315 e. The summed E-state index contributed by atoms with van der Waals surface area (Å²) in [7, 11) is -3.19. The highest BCUT2D eigenvalue weighted by Gasteiger charge is 2.16. The van der Waals surface area contributed by atoms with Gasteiger partial charge in [0.2, 0.25) is 0 Å². The van der Waals surface area contributed by atoms with Crippen molar-refractivity contribution < 1.29 is 13.2 Å². The number of carbonyl (C=O) groups is 1. The normalized spacial score (nSPS) is 18.0. The zero-order chi connectivity index (χ0) is 16.9. The van der Waals surface area contributed by atoms with Gasteiger partial charge in [-0.1, -0.05) is 37.8 Å². The highest BCUT2D eigenvalue weighted by Crippen LogP contribution is 2.18. The quantitative estimate of drug-likeness (QED) is 0.828. The van der Waals surface area contributed by atoms with E-state index in [0.29, 0.717) is 0 Å². The number of sulfone groups is 1. The van der Waals surface area contributed by atoms with Crippen LogP contribution >= 0.6 is 0 Å². The van der Waals surface area contributed by atoms with Crippen LogP contribution in [0.5, 0.6) is 0 Å². The molecule has 1 saturated carbocycles. The zero-order valence-electron chi connectivity index (χ0n) is 13.8. The molecule has 0 heterocycles. The Hall–Kier alpha value is -1.56. The Morgan fingerprint density at radius 3 is 2.17 bits per heavy atom. The second kappa shape index (κ2) is 7.81. The van der Waals surface area contributed by atoms with E-state index in [1.807, 2.05) is 6.92 Å². The van der Waals surface area contributed by atoms with Gasteiger partial charge in [0.25, 0.3) is 0 Å². The molecule has 2 rings (SSSR count). The third kappa shape index (κ3) is 5.53. The summed E-state index contributed by atoms with van der Waals surface area (Å²) in [4.78, 5) is 12.4. The fourth-order valence-corrected chi connectivity index (χ4v) is 3.56. The van der Waals surface area contributed by atoms with Crippen molar-refractivity contribution in [3.05, 3.63) is 29.8 Å². The average Bonchev–Trinajstić information content (AvgIpc) is 2.75. The average molecular weight is 338 g/mol. The van der Waals surface area contributed by atoms with Gasteiger partial charge >= 0.3 is 6.03 Å². The lowest BCUT2D eigenvalue weighted by atomic mass is 10.1. The Balaban J connectivity index is 1.90. The molecule has 2 amide bonds. The first-order valence-corrected chi connectivity index (χ1v) is 10.1. The molecule has 0 radical (unpaired) electrons. The number of hydrogen-bond donors (Lipinski definition) is 2. The van der Waals surface area contributed by atoms with Gasteiger partial charge in [-0.05, 0) is 37.5 Å². The summed E-state index contributed by atoms with van der Waals surface area (Å²) in [6.45, 7) is 1.89. The molecule has 1 aliphatic carbocycles. The van der Waals surface area contributed by atoms with Crippen molar-refractivity contribution in [1.29, 1.82) is 0 Å². The molecule has 0 bridgehead atoms. The number of amides is 2. The van der Waals surface area contributed by atoms with Crippen LogP contribution in [0, 0.1) is 0 Å². The summed E-state index contributed by atoms with van der Waals surface area (Å²) < 4.78 is 22.9. The Kier molecular flexibility index (Phi) is 6.04. The van der Waals surface area contributed by atoms with Gasteiger partial charge in [-0.15, -0.1) is 0 Å². The van der Waals surface area contributed by atoms with E-state index in [9.17, 15) is 13.2 Å². The topological polar surface area (TPSA) is 75.3 Å². The minimum atomic E-state index is -3.19. The molecule has 0 aromatic heterocycles. The molecule has 1 fully saturated rings. The van der Waals surface area contributed by atoms with Crippen LogP contribution in [-0.4, -0.2) is 26.7 Å². The van der Waals surface area contributed by atoms with Gasteiger partial charge in [0.1, 0.15) is 0 Å². The van der Waals surface area contributed by atoms with E-state index in [0.717, 1.165) is 18.4 Å². The molecule has 5 nitrogen and oxygen atoms in total. The van der Waals surface area contributed by atoms with Crippen LogP contribution in [0.2, 0.25) is 0 Å². The van der Waals surface area contributed by atoms with Crippen molar-refractivity contribution in [2.24, 2.45) is 0 Å². The third-order valence-electron chi connectivity index (χ3n) is 4.35. The van der Waals surface area contributed by atoms with Gasteiger partial charge in [-0.3, -0.25) is 0 Å². The standard InChI is InChI=1S/C17H26N2O3S/c1-13(14-9-11-16(12-10-14)23(2,21)22)18-17(20)19-15-7-5-3-4-6-8-15/h9-13,15H,3-8H2,1-2H3,(H2,18,19,20). The Labute approximate surface area is 138 Å². The van der Waals surface area contributed by atoms with Crippen molar-refractivity contribution >= 4 is 15.9 Å². The van der Waals surface area contributed by atoms with E-state index < -0.39 is 9.84 Å². The maximum atomic E-state index is 12.1. The first-order valence-electron chi connectivity index (χ1n) is 8.23. The number of hydrogen-bond acceptors (Lipinski definition) is 3. The lowest BCUT2D eigenvalue weighted by Crippen LogP contribution is -2.42. The molecular formula is C17H26N2O3S. The van der Waals surface area contributed by atoms with Gasteiger partial charge in [0, 0.05) is 12.3 Å². The molecule has 23 heavy (non-hydrogen) atoms. The SMILES string of the molecule is CC(NC(=O)NC1CCCCCC1)c1ccc(S(C)(=O)=O)cc1. The molecule has 1 atom stereocenters. The molecular weight excluding hydrogens is 312 g/mol. The van der Waals surface area contributed by atoms with E-state index in [1.54, 1.807) is 24.3 Å². The maximum Gasteiger partial charge on any atom is 0.315 e. The van der Waals surface area contributed by atoms with Crippen molar-refractivity contribution in [1.82, 2.24) is 10.6 Å². The molecule has 1 aliphatic rings. The molecule has 1 aromatic carbocycles. The second-order valence-electron chi connectivity index (χ2n) is 6.37. The number of benzene rings is 1. The summed E-state index contributed by atoms with van der Waals surface area (Å²) in [5.41, 5.74) is 0.883. The van der Waals surface area contributed by atoms with Crippen LogP contribution in [0.3, 0.4) is 0 Å². The van der Waals surface area contributed by atoms with Gasteiger partial charge in [-0.25, -0.2) is 13.2 Å². The second-order valence-corrected chi connectivity index (χ2v) is 8.38. The molecule has 1 aromatic rings. The predicted molar refractivity (Wildman–Crippen MR) is 91.1 cm³/mol. The van der Waals surface area contributed by atoms with E-state index in [4.69, 9.17) is 0 Å². The van der Waals surface area contributed by atoms with Crippen molar-refractivity contribution in [3.8, 4) is 0 Å².